The standard InChI is InChI=1S/C15H9Cl2NO4S/c16-10-6-11(17)8-13(7-10)23(20,21)18-12-2-3-14-9(5-12)1-4-15(19)22-14/h1-8,18H. The molecule has 0 aliphatic carbocycles. The highest BCUT2D eigenvalue weighted by Crippen LogP contribution is 2.25. The van der Waals surface area contributed by atoms with Gasteiger partial charge >= 0.3 is 5.63 Å². The van der Waals surface area contributed by atoms with Gasteiger partial charge in [-0.05, 0) is 42.5 Å². The van der Waals surface area contributed by atoms with Gasteiger partial charge in [0.2, 0.25) is 0 Å². The van der Waals surface area contributed by atoms with E-state index in [1.165, 1.54) is 36.4 Å². The summed E-state index contributed by atoms with van der Waals surface area (Å²) in [5.41, 5.74) is 0.216. The van der Waals surface area contributed by atoms with Crippen LogP contribution in [0.5, 0.6) is 0 Å². The molecule has 0 aliphatic rings. The van der Waals surface area contributed by atoms with Gasteiger partial charge in [-0.15, -0.1) is 0 Å². The smallest absolute Gasteiger partial charge is 0.336 e. The van der Waals surface area contributed by atoms with Crippen LogP contribution < -0.4 is 10.3 Å². The lowest BCUT2D eigenvalue weighted by molar-refractivity contribution is 0.561. The number of fused-ring (bicyclic) bond motifs is 1. The summed E-state index contributed by atoms with van der Waals surface area (Å²) < 4.78 is 32.2. The first-order valence-electron chi connectivity index (χ1n) is 6.36. The van der Waals surface area contributed by atoms with Gasteiger partial charge in [0.1, 0.15) is 5.58 Å². The third kappa shape index (κ3) is 3.50. The van der Waals surface area contributed by atoms with E-state index in [1.54, 1.807) is 12.1 Å². The molecule has 0 aliphatic heterocycles. The average Bonchev–Trinajstić information content (AvgIpc) is 2.46. The minimum absolute atomic E-state index is 0.0466. The predicted molar refractivity (Wildman–Crippen MR) is 89.8 cm³/mol. The SMILES string of the molecule is O=c1ccc2cc(NS(=O)(=O)c3cc(Cl)cc(Cl)c3)ccc2o1. The van der Waals surface area contributed by atoms with Crippen molar-refractivity contribution in [1.29, 1.82) is 0 Å². The van der Waals surface area contributed by atoms with E-state index in [0.717, 1.165) is 0 Å². The summed E-state index contributed by atoms with van der Waals surface area (Å²) in [5.74, 6) is 0. The fraction of sp³-hybridized carbons (Fsp3) is 0. The Kier molecular flexibility index (Phi) is 4.06. The second-order valence-electron chi connectivity index (χ2n) is 4.72. The molecule has 0 atom stereocenters. The summed E-state index contributed by atoms with van der Waals surface area (Å²) in [6.45, 7) is 0. The molecule has 1 aromatic heterocycles. The summed E-state index contributed by atoms with van der Waals surface area (Å²) in [6, 6.07) is 11.4. The van der Waals surface area contributed by atoms with E-state index in [-0.39, 0.29) is 14.9 Å². The molecule has 2 aromatic carbocycles. The molecular weight excluding hydrogens is 361 g/mol. The van der Waals surface area contributed by atoms with Gasteiger partial charge in [0.25, 0.3) is 10.0 Å². The maximum Gasteiger partial charge on any atom is 0.336 e. The topological polar surface area (TPSA) is 76.4 Å². The Morgan fingerprint density at radius 1 is 0.913 bits per heavy atom. The van der Waals surface area contributed by atoms with E-state index in [4.69, 9.17) is 27.6 Å². The van der Waals surface area contributed by atoms with Gasteiger partial charge in [-0.2, -0.15) is 0 Å². The van der Waals surface area contributed by atoms with Crippen molar-refractivity contribution in [2.75, 3.05) is 4.72 Å². The van der Waals surface area contributed by atoms with E-state index in [0.29, 0.717) is 16.7 Å². The largest absolute Gasteiger partial charge is 0.423 e. The number of hydrogen-bond donors (Lipinski definition) is 1. The molecule has 0 spiro atoms. The van der Waals surface area contributed by atoms with Crippen LogP contribution in [0.15, 0.2) is 62.6 Å². The Morgan fingerprint density at radius 3 is 2.30 bits per heavy atom. The van der Waals surface area contributed by atoms with Gasteiger partial charge in [-0.3, -0.25) is 4.72 Å². The molecule has 0 saturated heterocycles. The monoisotopic (exact) mass is 369 g/mol. The summed E-state index contributed by atoms with van der Waals surface area (Å²) >= 11 is 11.7. The molecule has 0 saturated carbocycles. The molecule has 118 valence electrons. The molecule has 0 bridgehead atoms. The Labute approximate surface area is 141 Å². The maximum absolute atomic E-state index is 12.4. The van der Waals surface area contributed by atoms with Crippen molar-refractivity contribution in [3.05, 3.63) is 69.0 Å². The molecule has 8 heteroatoms. The Balaban J connectivity index is 2.00. The molecule has 23 heavy (non-hydrogen) atoms. The number of sulfonamides is 1. The summed E-state index contributed by atoms with van der Waals surface area (Å²) in [7, 11) is -3.85. The Morgan fingerprint density at radius 2 is 1.61 bits per heavy atom. The van der Waals surface area contributed by atoms with Crippen LogP contribution in [0.25, 0.3) is 11.0 Å². The normalized spacial score (nSPS) is 11.6. The highest BCUT2D eigenvalue weighted by atomic mass is 35.5. The Bertz CT molecular complexity index is 1040. The van der Waals surface area contributed by atoms with E-state index < -0.39 is 15.6 Å². The van der Waals surface area contributed by atoms with Crippen LogP contribution in [0.3, 0.4) is 0 Å². The van der Waals surface area contributed by atoms with Crippen molar-refractivity contribution < 1.29 is 12.8 Å². The fourth-order valence-corrected chi connectivity index (χ4v) is 3.81. The van der Waals surface area contributed by atoms with Crippen LogP contribution in [0.1, 0.15) is 0 Å². The Hall–Kier alpha value is -2.02. The third-order valence-corrected chi connectivity index (χ3v) is 4.82. The van der Waals surface area contributed by atoms with Gasteiger partial charge in [0.15, 0.2) is 0 Å². The van der Waals surface area contributed by atoms with Gasteiger partial charge < -0.3 is 4.42 Å². The molecule has 0 fully saturated rings. The molecular formula is C15H9Cl2NO4S. The molecule has 1 heterocycles. The molecule has 0 amide bonds. The van der Waals surface area contributed by atoms with E-state index in [9.17, 15) is 13.2 Å². The number of hydrogen-bond acceptors (Lipinski definition) is 4. The first-order valence-corrected chi connectivity index (χ1v) is 8.60. The number of anilines is 1. The molecule has 3 rings (SSSR count). The van der Waals surface area contributed by atoms with Crippen LogP contribution >= 0.6 is 23.2 Å². The lowest BCUT2D eigenvalue weighted by Gasteiger charge is -2.09. The van der Waals surface area contributed by atoms with Crippen LogP contribution in [0.2, 0.25) is 10.0 Å². The van der Waals surface area contributed by atoms with Crippen molar-refractivity contribution in [3.63, 3.8) is 0 Å². The van der Waals surface area contributed by atoms with Crippen molar-refractivity contribution >= 4 is 49.9 Å². The average molecular weight is 370 g/mol. The van der Waals surface area contributed by atoms with Crippen molar-refractivity contribution in [3.8, 4) is 0 Å². The number of nitrogens with one attached hydrogen (secondary N) is 1. The predicted octanol–water partition coefficient (Wildman–Crippen LogP) is 3.90. The third-order valence-electron chi connectivity index (χ3n) is 3.02. The molecule has 3 aromatic rings. The van der Waals surface area contributed by atoms with E-state index in [2.05, 4.69) is 4.72 Å². The highest BCUT2D eigenvalue weighted by Gasteiger charge is 2.16. The number of rotatable bonds is 3. The summed E-state index contributed by atoms with van der Waals surface area (Å²) in [5, 5.41) is 1.03. The summed E-state index contributed by atoms with van der Waals surface area (Å²) in [4.78, 5) is 11.1. The molecule has 5 nitrogen and oxygen atoms in total. The maximum atomic E-state index is 12.4. The van der Waals surface area contributed by atoms with Crippen molar-refractivity contribution in [2.45, 2.75) is 4.90 Å². The van der Waals surface area contributed by atoms with Crippen LogP contribution in [0.4, 0.5) is 5.69 Å². The fourth-order valence-electron chi connectivity index (χ4n) is 2.03. The van der Waals surface area contributed by atoms with E-state index >= 15 is 0 Å². The minimum Gasteiger partial charge on any atom is -0.423 e. The first-order chi connectivity index (χ1) is 10.8. The second-order valence-corrected chi connectivity index (χ2v) is 7.27. The van der Waals surface area contributed by atoms with Gasteiger partial charge in [0.05, 0.1) is 4.90 Å². The molecule has 0 unspecified atom stereocenters. The van der Waals surface area contributed by atoms with Gasteiger partial charge in [-0.25, -0.2) is 13.2 Å². The quantitative estimate of drug-likeness (QED) is 0.710. The van der Waals surface area contributed by atoms with Gasteiger partial charge in [-0.1, -0.05) is 23.2 Å². The zero-order valence-electron chi connectivity index (χ0n) is 11.4. The zero-order chi connectivity index (χ0) is 16.6. The van der Waals surface area contributed by atoms with Crippen molar-refractivity contribution in [2.24, 2.45) is 0 Å². The molecule has 1 N–H and O–H groups in total. The zero-order valence-corrected chi connectivity index (χ0v) is 13.7. The van der Waals surface area contributed by atoms with E-state index in [1.807, 2.05) is 0 Å². The lowest BCUT2D eigenvalue weighted by atomic mass is 10.2. The second kappa shape index (κ2) is 5.88. The molecule has 0 radical (unpaired) electrons. The highest BCUT2D eigenvalue weighted by molar-refractivity contribution is 7.92. The lowest BCUT2D eigenvalue weighted by Crippen LogP contribution is -2.13. The van der Waals surface area contributed by atoms with Gasteiger partial charge in [0, 0.05) is 27.2 Å². The number of benzene rings is 2. The van der Waals surface area contributed by atoms with Crippen LogP contribution in [-0.2, 0) is 10.0 Å². The summed E-state index contributed by atoms with van der Waals surface area (Å²) in [6.07, 6.45) is 0. The van der Waals surface area contributed by atoms with Crippen LogP contribution in [0, 0.1) is 0 Å². The minimum atomic E-state index is -3.85. The number of halogens is 2. The first kappa shape index (κ1) is 15.9. The van der Waals surface area contributed by atoms with Crippen LogP contribution in [-0.4, -0.2) is 8.42 Å². The van der Waals surface area contributed by atoms with Crippen molar-refractivity contribution in [1.82, 2.24) is 0 Å².